The van der Waals surface area contributed by atoms with E-state index in [0.717, 1.165) is 49.8 Å². The van der Waals surface area contributed by atoms with Gasteiger partial charge in [-0.1, -0.05) is 146 Å². The Labute approximate surface area is 301 Å². The van der Waals surface area contributed by atoms with E-state index in [9.17, 15) is 0 Å². The second-order valence-corrected chi connectivity index (χ2v) is 13.2. The van der Waals surface area contributed by atoms with E-state index in [-0.39, 0.29) is 0 Å². The third-order valence-electron chi connectivity index (χ3n) is 10.2. The number of pyridine rings is 1. The molecule has 0 amide bonds. The second kappa shape index (κ2) is 12.4. The van der Waals surface area contributed by atoms with E-state index in [2.05, 4.69) is 175 Å². The Bertz CT molecular complexity index is 2890. The molecule has 0 fully saturated rings. The molecule has 52 heavy (non-hydrogen) atoms. The third-order valence-corrected chi connectivity index (χ3v) is 10.2. The standard InChI is InChI=1S/C49H32N2O/c1-3-12-33(13-4-1)34-22-24-37(25-23-34)51(47-32-50-31-46-42(47)28-29-44-43-19-9-10-21-48(43)52-49(44)46)38-26-27-40(35-14-5-2-6-15-35)45(30-38)41-20-11-17-36-16-7-8-18-39(36)41/h1-32H. The van der Waals surface area contributed by atoms with Crippen molar-refractivity contribution < 1.29 is 4.42 Å². The minimum atomic E-state index is 0.850. The fraction of sp³-hybridized carbons (Fsp3) is 0. The largest absolute Gasteiger partial charge is 0.455 e. The molecular formula is C49H32N2O. The van der Waals surface area contributed by atoms with Crippen LogP contribution in [0.3, 0.4) is 0 Å². The maximum Gasteiger partial charge on any atom is 0.144 e. The second-order valence-electron chi connectivity index (χ2n) is 13.2. The van der Waals surface area contributed by atoms with Crippen molar-refractivity contribution in [2.45, 2.75) is 0 Å². The van der Waals surface area contributed by atoms with Crippen LogP contribution in [0.15, 0.2) is 199 Å². The van der Waals surface area contributed by atoms with Crippen LogP contribution in [0.2, 0.25) is 0 Å². The summed E-state index contributed by atoms with van der Waals surface area (Å²) in [6.45, 7) is 0. The normalized spacial score (nSPS) is 11.5. The first kappa shape index (κ1) is 29.9. The predicted octanol–water partition coefficient (Wildman–Crippen LogP) is 13.8. The zero-order chi connectivity index (χ0) is 34.4. The van der Waals surface area contributed by atoms with Crippen molar-refractivity contribution >= 4 is 60.5 Å². The van der Waals surface area contributed by atoms with Gasteiger partial charge in [-0.25, -0.2) is 0 Å². The zero-order valence-corrected chi connectivity index (χ0v) is 28.3. The lowest BCUT2D eigenvalue weighted by Crippen LogP contribution is -2.11. The van der Waals surface area contributed by atoms with Gasteiger partial charge in [0.25, 0.3) is 0 Å². The molecule has 0 saturated carbocycles. The molecule has 0 saturated heterocycles. The molecule has 0 spiro atoms. The van der Waals surface area contributed by atoms with Crippen LogP contribution in [0, 0.1) is 0 Å². The molecule has 0 atom stereocenters. The third kappa shape index (κ3) is 5.02. The van der Waals surface area contributed by atoms with Crippen molar-refractivity contribution in [1.29, 1.82) is 0 Å². The van der Waals surface area contributed by atoms with Crippen LogP contribution in [0.1, 0.15) is 0 Å². The molecule has 0 unspecified atom stereocenters. The highest BCUT2D eigenvalue weighted by molar-refractivity contribution is 6.17. The number of fused-ring (bicyclic) bond motifs is 6. The van der Waals surface area contributed by atoms with E-state index in [4.69, 9.17) is 9.40 Å². The van der Waals surface area contributed by atoms with Crippen molar-refractivity contribution in [2.75, 3.05) is 4.90 Å². The first-order valence-corrected chi connectivity index (χ1v) is 17.6. The quantitative estimate of drug-likeness (QED) is 0.177. The van der Waals surface area contributed by atoms with Gasteiger partial charge in [-0.15, -0.1) is 0 Å². The van der Waals surface area contributed by atoms with Crippen LogP contribution >= 0.6 is 0 Å². The molecule has 3 heteroatoms. The van der Waals surface area contributed by atoms with Crippen molar-refractivity contribution in [3.63, 3.8) is 0 Å². The van der Waals surface area contributed by atoms with Crippen LogP contribution in [0.25, 0.3) is 76.9 Å². The molecule has 8 aromatic carbocycles. The first-order chi connectivity index (χ1) is 25.8. The van der Waals surface area contributed by atoms with Gasteiger partial charge in [-0.05, 0) is 80.6 Å². The summed E-state index contributed by atoms with van der Waals surface area (Å²) in [6.07, 6.45) is 3.91. The predicted molar refractivity (Wildman–Crippen MR) is 218 cm³/mol. The number of hydrogen-bond donors (Lipinski definition) is 0. The highest BCUT2D eigenvalue weighted by Gasteiger charge is 2.21. The molecule has 10 aromatic rings. The van der Waals surface area contributed by atoms with Gasteiger partial charge in [-0.2, -0.15) is 0 Å². The summed E-state index contributed by atoms with van der Waals surface area (Å²) in [7, 11) is 0. The summed E-state index contributed by atoms with van der Waals surface area (Å²) in [5, 5.41) is 6.67. The maximum absolute atomic E-state index is 6.50. The van der Waals surface area contributed by atoms with Crippen LogP contribution in [-0.2, 0) is 0 Å². The highest BCUT2D eigenvalue weighted by atomic mass is 16.3. The lowest BCUT2D eigenvalue weighted by Gasteiger charge is -2.28. The lowest BCUT2D eigenvalue weighted by atomic mass is 9.90. The SMILES string of the molecule is c1ccc(-c2ccc(N(c3ccc(-c4ccccc4)c(-c4cccc5ccccc45)c3)c3cncc4c3ccc3c5ccccc5oc43)cc2)cc1. The fourth-order valence-corrected chi connectivity index (χ4v) is 7.68. The van der Waals surface area contributed by atoms with Gasteiger partial charge in [-0.3, -0.25) is 4.98 Å². The molecule has 244 valence electrons. The van der Waals surface area contributed by atoms with Crippen LogP contribution < -0.4 is 4.90 Å². The molecule has 0 aliphatic rings. The van der Waals surface area contributed by atoms with Gasteiger partial charge >= 0.3 is 0 Å². The van der Waals surface area contributed by atoms with Crippen molar-refractivity contribution in [2.24, 2.45) is 0 Å². The van der Waals surface area contributed by atoms with Gasteiger partial charge in [0.05, 0.1) is 11.9 Å². The number of benzene rings is 8. The molecule has 0 radical (unpaired) electrons. The van der Waals surface area contributed by atoms with Gasteiger partial charge in [0.15, 0.2) is 0 Å². The van der Waals surface area contributed by atoms with Gasteiger partial charge < -0.3 is 9.32 Å². The maximum atomic E-state index is 6.50. The van der Waals surface area contributed by atoms with E-state index >= 15 is 0 Å². The zero-order valence-electron chi connectivity index (χ0n) is 28.3. The Morgan fingerprint density at radius 1 is 0.385 bits per heavy atom. The van der Waals surface area contributed by atoms with E-state index in [0.29, 0.717) is 0 Å². The van der Waals surface area contributed by atoms with E-state index in [1.54, 1.807) is 0 Å². The number of aromatic nitrogens is 1. The average molecular weight is 665 g/mol. The number of hydrogen-bond acceptors (Lipinski definition) is 3. The Hall–Kier alpha value is -6.97. The monoisotopic (exact) mass is 664 g/mol. The molecule has 10 rings (SSSR count). The summed E-state index contributed by atoms with van der Waals surface area (Å²) < 4.78 is 6.50. The average Bonchev–Trinajstić information content (AvgIpc) is 3.61. The van der Waals surface area contributed by atoms with E-state index < -0.39 is 0 Å². The lowest BCUT2D eigenvalue weighted by molar-refractivity contribution is 0.672. The number of anilines is 3. The minimum absolute atomic E-state index is 0.850. The van der Waals surface area contributed by atoms with Gasteiger partial charge in [0.1, 0.15) is 11.2 Å². The molecule has 0 aliphatic carbocycles. The Kier molecular flexibility index (Phi) is 7.14. The van der Waals surface area contributed by atoms with Crippen LogP contribution in [-0.4, -0.2) is 4.98 Å². The van der Waals surface area contributed by atoms with E-state index in [1.807, 2.05) is 24.5 Å². The van der Waals surface area contributed by atoms with Gasteiger partial charge in [0.2, 0.25) is 0 Å². The molecule has 0 bridgehead atoms. The summed E-state index contributed by atoms with van der Waals surface area (Å²) in [6, 6.07) is 64.7. The Balaban J connectivity index is 1.23. The van der Waals surface area contributed by atoms with Crippen LogP contribution in [0.4, 0.5) is 17.1 Å². The van der Waals surface area contributed by atoms with Crippen LogP contribution in [0.5, 0.6) is 0 Å². The molecule has 3 nitrogen and oxygen atoms in total. The number of furan rings is 1. The Morgan fingerprint density at radius 2 is 1.04 bits per heavy atom. The van der Waals surface area contributed by atoms with Crippen molar-refractivity contribution in [3.05, 3.63) is 194 Å². The van der Waals surface area contributed by atoms with E-state index in [1.165, 1.54) is 44.2 Å². The first-order valence-electron chi connectivity index (χ1n) is 17.6. The number of nitrogens with zero attached hydrogens (tertiary/aromatic N) is 2. The minimum Gasteiger partial charge on any atom is -0.455 e. The van der Waals surface area contributed by atoms with Gasteiger partial charge in [0, 0.05) is 39.1 Å². The van der Waals surface area contributed by atoms with Crippen molar-refractivity contribution in [1.82, 2.24) is 4.98 Å². The molecule has 2 heterocycles. The summed E-state index contributed by atoms with van der Waals surface area (Å²) in [5.41, 5.74) is 11.8. The number of para-hydroxylation sites is 1. The topological polar surface area (TPSA) is 29.3 Å². The molecule has 2 aromatic heterocycles. The molecule has 0 aliphatic heterocycles. The Morgan fingerprint density at radius 3 is 1.87 bits per heavy atom. The molecule has 0 N–H and O–H groups in total. The fourth-order valence-electron chi connectivity index (χ4n) is 7.68. The van der Waals surface area contributed by atoms with Crippen molar-refractivity contribution in [3.8, 4) is 33.4 Å². The molecular weight excluding hydrogens is 633 g/mol. The highest BCUT2D eigenvalue weighted by Crippen LogP contribution is 2.45. The summed E-state index contributed by atoms with van der Waals surface area (Å²) in [5.74, 6) is 0. The summed E-state index contributed by atoms with van der Waals surface area (Å²) >= 11 is 0. The smallest absolute Gasteiger partial charge is 0.144 e. The summed E-state index contributed by atoms with van der Waals surface area (Å²) in [4.78, 5) is 7.19. The number of rotatable bonds is 6.